The molecule has 0 aliphatic carbocycles. The Bertz CT molecular complexity index is 1890. The number of ketones is 1. The average Bonchev–Trinajstić information content (AvgIpc) is 3.45. The van der Waals surface area contributed by atoms with Crippen molar-refractivity contribution in [2.24, 2.45) is 0 Å². The van der Waals surface area contributed by atoms with Crippen molar-refractivity contribution in [3.05, 3.63) is 116 Å². The molecule has 44 heavy (non-hydrogen) atoms. The number of aliphatic hydroxyl groups is 1. The summed E-state index contributed by atoms with van der Waals surface area (Å²) in [6.45, 7) is 3.09. The van der Waals surface area contributed by atoms with Crippen molar-refractivity contribution in [1.82, 2.24) is 14.8 Å². The Kier molecular flexibility index (Phi) is 8.40. The van der Waals surface area contributed by atoms with Crippen molar-refractivity contribution < 1.29 is 19.1 Å². The Morgan fingerprint density at radius 2 is 1.89 bits per heavy atom. The topological polar surface area (TPSA) is 105 Å². The molecule has 0 spiro atoms. The Morgan fingerprint density at radius 1 is 1.11 bits per heavy atom. The second-order valence-corrected chi connectivity index (χ2v) is 12.0. The SMILES string of the molecule is CCCC1C(=O)Cn2cc(C(=O)NCc3ccc(Cl)cc3)c(=O)c3cc(CN(C)C[C@@H](O)c4cc5ccccc5o4)cc1c32. The van der Waals surface area contributed by atoms with Crippen LogP contribution >= 0.6 is 11.6 Å². The van der Waals surface area contributed by atoms with E-state index >= 15 is 0 Å². The van der Waals surface area contributed by atoms with E-state index in [1.54, 1.807) is 16.7 Å². The number of rotatable bonds is 10. The number of carbonyl (C=O) groups excluding carboxylic acids is 2. The number of likely N-dealkylation sites (N-methyl/N-ethyl adjacent to an activating group) is 1. The number of aromatic nitrogens is 1. The van der Waals surface area contributed by atoms with Gasteiger partial charge in [0.15, 0.2) is 5.78 Å². The maximum Gasteiger partial charge on any atom is 0.257 e. The molecular formula is C35H34ClN3O5. The maximum atomic E-state index is 13.9. The number of nitrogens with one attached hydrogen (secondary N) is 1. The molecule has 0 bridgehead atoms. The molecule has 1 aliphatic heterocycles. The zero-order valence-corrected chi connectivity index (χ0v) is 25.4. The molecule has 2 atom stereocenters. The maximum absolute atomic E-state index is 13.9. The van der Waals surface area contributed by atoms with E-state index in [9.17, 15) is 19.5 Å². The number of halogens is 1. The lowest BCUT2D eigenvalue weighted by Gasteiger charge is -2.28. The van der Waals surface area contributed by atoms with Crippen LogP contribution in [-0.4, -0.2) is 39.9 Å². The average molecular weight is 612 g/mol. The third kappa shape index (κ3) is 5.93. The predicted molar refractivity (Wildman–Crippen MR) is 171 cm³/mol. The number of fused-ring (bicyclic) bond motifs is 1. The molecule has 0 fully saturated rings. The highest BCUT2D eigenvalue weighted by atomic mass is 35.5. The number of amides is 1. The number of hydrogen-bond acceptors (Lipinski definition) is 6. The first kappa shape index (κ1) is 29.8. The molecule has 1 aliphatic rings. The Hall–Kier alpha value is -4.24. The van der Waals surface area contributed by atoms with Crippen molar-refractivity contribution in [1.29, 1.82) is 0 Å². The van der Waals surface area contributed by atoms with Gasteiger partial charge in [0.1, 0.15) is 23.0 Å². The van der Waals surface area contributed by atoms with Gasteiger partial charge in [0.2, 0.25) is 5.43 Å². The molecule has 1 amide bonds. The van der Waals surface area contributed by atoms with Gasteiger partial charge in [-0.2, -0.15) is 0 Å². The molecule has 0 radical (unpaired) electrons. The molecule has 1 unspecified atom stereocenters. The minimum Gasteiger partial charge on any atom is -0.458 e. The van der Waals surface area contributed by atoms with Crippen LogP contribution in [-0.2, 0) is 24.4 Å². The van der Waals surface area contributed by atoms with Gasteiger partial charge in [-0.25, -0.2) is 0 Å². The lowest BCUT2D eigenvalue weighted by molar-refractivity contribution is -0.121. The first-order valence-corrected chi connectivity index (χ1v) is 15.2. The summed E-state index contributed by atoms with van der Waals surface area (Å²) in [5.41, 5.74) is 3.52. The van der Waals surface area contributed by atoms with E-state index < -0.39 is 12.0 Å². The van der Waals surface area contributed by atoms with E-state index in [1.807, 2.05) is 73.5 Å². The minimum atomic E-state index is -0.853. The first-order chi connectivity index (χ1) is 21.2. The van der Waals surface area contributed by atoms with Crippen molar-refractivity contribution >= 4 is 45.2 Å². The molecule has 5 aromatic rings. The molecule has 0 saturated carbocycles. The summed E-state index contributed by atoms with van der Waals surface area (Å²) in [5, 5.41) is 15.7. The standard InChI is InChI=1S/C35H34ClN3O5/c1-3-6-25-26-13-22(17-38(2)19-30(41)32-15-23-7-4-5-8-31(23)44-32)14-27-33(26)39(20-29(25)40)18-28(34(27)42)35(43)37-16-21-9-11-24(36)12-10-21/h4-5,7-15,18,25,30,41H,3,6,16-17,19-20H2,1-2H3,(H,37,43)/t25?,30-/m1/s1. The molecule has 8 nitrogen and oxygen atoms in total. The van der Waals surface area contributed by atoms with E-state index in [0.717, 1.165) is 28.5 Å². The second kappa shape index (κ2) is 12.4. The summed E-state index contributed by atoms with van der Waals surface area (Å²) < 4.78 is 7.60. The Balaban J connectivity index is 1.31. The number of pyridine rings is 1. The molecule has 3 aromatic carbocycles. The lowest BCUT2D eigenvalue weighted by Crippen LogP contribution is -2.33. The molecule has 3 heterocycles. The van der Waals surface area contributed by atoms with Gasteiger partial charge in [-0.1, -0.05) is 61.3 Å². The number of benzene rings is 3. The fraction of sp³-hybridized carbons (Fsp3) is 0.286. The summed E-state index contributed by atoms with van der Waals surface area (Å²) in [4.78, 5) is 42.4. The number of carbonyl (C=O) groups is 2. The molecule has 6 rings (SSSR count). The van der Waals surface area contributed by atoms with Crippen LogP contribution in [0.1, 0.15) is 64.6 Å². The molecule has 2 N–H and O–H groups in total. The fourth-order valence-corrected chi connectivity index (χ4v) is 6.27. The predicted octanol–water partition coefficient (Wildman–Crippen LogP) is 5.96. The van der Waals surface area contributed by atoms with Crippen LogP contribution in [0.3, 0.4) is 0 Å². The summed E-state index contributed by atoms with van der Waals surface area (Å²) in [6.07, 6.45) is 2.16. The van der Waals surface area contributed by atoms with Crippen molar-refractivity contribution in [3.8, 4) is 0 Å². The highest BCUT2D eigenvalue weighted by Crippen LogP contribution is 2.35. The van der Waals surface area contributed by atoms with Gasteiger partial charge in [-0.05, 0) is 60.5 Å². The van der Waals surface area contributed by atoms with Gasteiger partial charge in [-0.15, -0.1) is 0 Å². The summed E-state index contributed by atoms with van der Waals surface area (Å²) in [5.74, 6) is -0.283. The largest absolute Gasteiger partial charge is 0.458 e. The second-order valence-electron chi connectivity index (χ2n) is 11.6. The lowest BCUT2D eigenvalue weighted by atomic mass is 9.84. The van der Waals surface area contributed by atoms with Crippen LogP contribution in [0.4, 0.5) is 0 Å². The van der Waals surface area contributed by atoms with Gasteiger partial charge in [0, 0.05) is 47.5 Å². The third-order valence-electron chi connectivity index (χ3n) is 8.25. The number of hydrogen-bond donors (Lipinski definition) is 2. The van der Waals surface area contributed by atoms with Crippen LogP contribution in [0.25, 0.3) is 21.9 Å². The minimum absolute atomic E-state index is 0.00929. The number of aliphatic hydroxyl groups excluding tert-OH is 1. The van der Waals surface area contributed by atoms with Crippen LogP contribution in [0, 0.1) is 0 Å². The number of furan rings is 1. The summed E-state index contributed by atoms with van der Waals surface area (Å²) >= 11 is 5.97. The molecule has 9 heteroatoms. The van der Waals surface area contributed by atoms with E-state index in [0.29, 0.717) is 46.8 Å². The van der Waals surface area contributed by atoms with Crippen LogP contribution in [0.5, 0.6) is 0 Å². The number of Topliss-reactive ketones (excluding diaryl/α,β-unsaturated/α-hetero) is 1. The third-order valence-corrected chi connectivity index (χ3v) is 8.50. The van der Waals surface area contributed by atoms with Crippen LogP contribution in [0.2, 0.25) is 5.02 Å². The molecule has 226 valence electrons. The highest BCUT2D eigenvalue weighted by molar-refractivity contribution is 6.30. The quantitative estimate of drug-likeness (QED) is 0.202. The van der Waals surface area contributed by atoms with E-state index in [2.05, 4.69) is 5.32 Å². The van der Waals surface area contributed by atoms with E-state index in [4.69, 9.17) is 16.0 Å². The van der Waals surface area contributed by atoms with Gasteiger partial charge in [-0.3, -0.25) is 19.3 Å². The molecule has 2 aromatic heterocycles. The van der Waals surface area contributed by atoms with E-state index in [1.165, 1.54) is 6.20 Å². The smallest absolute Gasteiger partial charge is 0.257 e. The normalized spacial score (nSPS) is 15.3. The van der Waals surface area contributed by atoms with Crippen molar-refractivity contribution in [3.63, 3.8) is 0 Å². The highest BCUT2D eigenvalue weighted by Gasteiger charge is 2.31. The van der Waals surface area contributed by atoms with Crippen LogP contribution in [0.15, 0.2) is 82.1 Å². The molecular weight excluding hydrogens is 578 g/mol. The first-order valence-electron chi connectivity index (χ1n) is 14.8. The van der Waals surface area contributed by atoms with Crippen LogP contribution < -0.4 is 10.7 Å². The van der Waals surface area contributed by atoms with Gasteiger partial charge < -0.3 is 19.4 Å². The number of nitrogens with zero attached hydrogens (tertiary/aromatic N) is 2. The van der Waals surface area contributed by atoms with Crippen molar-refractivity contribution in [2.45, 2.75) is 51.4 Å². The van der Waals surface area contributed by atoms with Gasteiger partial charge in [0.25, 0.3) is 5.91 Å². The van der Waals surface area contributed by atoms with Crippen molar-refractivity contribution in [2.75, 3.05) is 13.6 Å². The molecule has 0 saturated heterocycles. The van der Waals surface area contributed by atoms with E-state index in [-0.39, 0.29) is 35.8 Å². The summed E-state index contributed by atoms with van der Waals surface area (Å²) in [7, 11) is 1.88. The zero-order chi connectivity index (χ0) is 31.0. The Labute approximate surface area is 259 Å². The Morgan fingerprint density at radius 3 is 2.64 bits per heavy atom. The van der Waals surface area contributed by atoms with Gasteiger partial charge in [0.05, 0.1) is 12.1 Å². The number of para-hydroxylation sites is 1. The monoisotopic (exact) mass is 611 g/mol. The zero-order valence-electron chi connectivity index (χ0n) is 24.7. The summed E-state index contributed by atoms with van der Waals surface area (Å²) in [6, 6.07) is 20.4. The van der Waals surface area contributed by atoms with Gasteiger partial charge >= 0.3 is 0 Å². The fourth-order valence-electron chi connectivity index (χ4n) is 6.14.